The number of carbonyl (C=O) groups excluding carboxylic acids is 3. The predicted octanol–water partition coefficient (Wildman–Crippen LogP) is 1.54. The van der Waals surface area contributed by atoms with Gasteiger partial charge in [0, 0.05) is 37.9 Å². The van der Waals surface area contributed by atoms with Crippen molar-refractivity contribution in [1.82, 2.24) is 9.80 Å². The van der Waals surface area contributed by atoms with Crippen LogP contribution in [0.4, 0.5) is 11.4 Å². The van der Waals surface area contributed by atoms with E-state index in [1.165, 1.54) is 6.92 Å². The van der Waals surface area contributed by atoms with E-state index >= 15 is 0 Å². The van der Waals surface area contributed by atoms with Crippen LogP contribution in [0, 0.1) is 5.41 Å². The summed E-state index contributed by atoms with van der Waals surface area (Å²) in [6.07, 6.45) is 1.73. The van der Waals surface area contributed by atoms with E-state index in [2.05, 4.69) is 15.5 Å². The van der Waals surface area contributed by atoms with Crippen molar-refractivity contribution in [1.29, 1.82) is 0 Å². The summed E-state index contributed by atoms with van der Waals surface area (Å²) in [6.45, 7) is 7.57. The molecule has 2 heterocycles. The maximum Gasteiger partial charge on any atom is 0.238 e. The molecule has 0 aromatic heterocycles. The lowest BCUT2D eigenvalue weighted by Gasteiger charge is -2.42. The molecule has 2 saturated heterocycles. The first kappa shape index (κ1) is 21.3. The first-order valence-electron chi connectivity index (χ1n) is 10.1. The fourth-order valence-corrected chi connectivity index (χ4v) is 4.05. The lowest BCUT2D eigenvalue weighted by molar-refractivity contribution is -0.149. The number of rotatable bonds is 5. The van der Waals surface area contributed by atoms with Crippen molar-refractivity contribution in [2.24, 2.45) is 5.41 Å². The monoisotopic (exact) mass is 402 g/mol. The van der Waals surface area contributed by atoms with Crippen molar-refractivity contribution < 1.29 is 19.1 Å². The molecule has 8 nitrogen and oxygen atoms in total. The van der Waals surface area contributed by atoms with Gasteiger partial charge in [-0.3, -0.25) is 19.3 Å². The van der Waals surface area contributed by atoms with Gasteiger partial charge in [-0.2, -0.15) is 0 Å². The summed E-state index contributed by atoms with van der Waals surface area (Å²) >= 11 is 0. The molecule has 1 aromatic carbocycles. The Hall–Kier alpha value is -2.45. The highest BCUT2D eigenvalue weighted by molar-refractivity contribution is 5.93. The Kier molecular flexibility index (Phi) is 6.87. The number of benzene rings is 1. The highest BCUT2D eigenvalue weighted by Gasteiger charge is 2.41. The van der Waals surface area contributed by atoms with E-state index < -0.39 is 5.41 Å². The average Bonchev–Trinajstić information content (AvgIpc) is 2.69. The van der Waals surface area contributed by atoms with Crippen LogP contribution in [0.2, 0.25) is 0 Å². The SMILES string of the molecule is CC(=O)Nc1ccc(NC(=O)CN2CCC[C@@](C)(C(=O)N3CCOCC3)C2)cc1. The first-order valence-corrected chi connectivity index (χ1v) is 10.1. The van der Waals surface area contributed by atoms with Gasteiger partial charge in [0.1, 0.15) is 0 Å². The Morgan fingerprint density at radius 2 is 1.66 bits per heavy atom. The number of amides is 3. The molecule has 0 spiro atoms. The van der Waals surface area contributed by atoms with Gasteiger partial charge in [-0.1, -0.05) is 0 Å². The molecule has 8 heteroatoms. The molecule has 0 unspecified atom stereocenters. The molecular formula is C21H30N4O4. The molecule has 1 aromatic rings. The first-order chi connectivity index (χ1) is 13.9. The normalized spacial score (nSPS) is 22.8. The van der Waals surface area contributed by atoms with Crippen LogP contribution < -0.4 is 10.6 Å². The van der Waals surface area contributed by atoms with Crippen LogP contribution in [0.15, 0.2) is 24.3 Å². The van der Waals surface area contributed by atoms with Crippen molar-refractivity contribution in [3.63, 3.8) is 0 Å². The topological polar surface area (TPSA) is 91.0 Å². The van der Waals surface area contributed by atoms with E-state index in [9.17, 15) is 14.4 Å². The Morgan fingerprint density at radius 3 is 2.28 bits per heavy atom. The molecule has 3 amide bonds. The summed E-state index contributed by atoms with van der Waals surface area (Å²) in [5.41, 5.74) is 0.896. The maximum atomic E-state index is 13.0. The van der Waals surface area contributed by atoms with Gasteiger partial charge in [-0.25, -0.2) is 0 Å². The lowest BCUT2D eigenvalue weighted by atomic mass is 9.80. The number of likely N-dealkylation sites (tertiary alicyclic amines) is 1. The minimum atomic E-state index is -0.462. The molecule has 0 aliphatic carbocycles. The predicted molar refractivity (Wildman–Crippen MR) is 111 cm³/mol. The van der Waals surface area contributed by atoms with E-state index in [1.807, 2.05) is 11.8 Å². The second-order valence-electron chi connectivity index (χ2n) is 8.09. The van der Waals surface area contributed by atoms with E-state index in [-0.39, 0.29) is 24.3 Å². The summed E-state index contributed by atoms with van der Waals surface area (Å²) in [5.74, 6) is -0.0821. The van der Waals surface area contributed by atoms with Gasteiger partial charge < -0.3 is 20.3 Å². The third-order valence-corrected chi connectivity index (χ3v) is 5.45. The Labute approximate surface area is 171 Å². The summed E-state index contributed by atoms with van der Waals surface area (Å²) in [7, 11) is 0. The number of piperidine rings is 1. The third kappa shape index (κ3) is 5.77. The Balaban J connectivity index is 1.53. The fourth-order valence-electron chi connectivity index (χ4n) is 4.05. The number of hydrogen-bond acceptors (Lipinski definition) is 5. The molecule has 158 valence electrons. The van der Waals surface area contributed by atoms with Gasteiger partial charge in [0.25, 0.3) is 0 Å². The van der Waals surface area contributed by atoms with Gasteiger partial charge in [0.05, 0.1) is 25.2 Å². The van der Waals surface area contributed by atoms with E-state index in [1.54, 1.807) is 24.3 Å². The third-order valence-electron chi connectivity index (χ3n) is 5.45. The molecule has 2 aliphatic rings. The second-order valence-corrected chi connectivity index (χ2v) is 8.09. The number of morpholine rings is 1. The van der Waals surface area contributed by atoms with Crippen molar-refractivity contribution in [2.75, 3.05) is 56.6 Å². The maximum absolute atomic E-state index is 13.0. The van der Waals surface area contributed by atoms with Crippen LogP contribution in [0.5, 0.6) is 0 Å². The molecule has 0 bridgehead atoms. The summed E-state index contributed by atoms with van der Waals surface area (Å²) in [6, 6.07) is 7.00. The minimum Gasteiger partial charge on any atom is -0.378 e. The highest BCUT2D eigenvalue weighted by Crippen LogP contribution is 2.32. The van der Waals surface area contributed by atoms with Gasteiger partial charge in [0.2, 0.25) is 17.7 Å². The van der Waals surface area contributed by atoms with Crippen molar-refractivity contribution in [3.05, 3.63) is 24.3 Å². The van der Waals surface area contributed by atoms with Gasteiger partial charge in [-0.15, -0.1) is 0 Å². The second kappa shape index (κ2) is 9.37. The van der Waals surface area contributed by atoms with E-state index in [0.29, 0.717) is 44.2 Å². The molecule has 2 aliphatic heterocycles. The van der Waals surface area contributed by atoms with Crippen LogP contribution in [-0.4, -0.2) is 73.5 Å². The summed E-state index contributed by atoms with van der Waals surface area (Å²) < 4.78 is 5.35. The van der Waals surface area contributed by atoms with Crippen LogP contribution in [-0.2, 0) is 19.1 Å². The number of hydrogen-bond donors (Lipinski definition) is 2. The summed E-state index contributed by atoms with van der Waals surface area (Å²) in [5, 5.41) is 5.58. The molecular weight excluding hydrogens is 372 g/mol. The number of nitrogens with zero attached hydrogens (tertiary/aromatic N) is 2. The number of ether oxygens (including phenoxy) is 1. The van der Waals surface area contributed by atoms with Crippen LogP contribution in [0.25, 0.3) is 0 Å². The Bertz CT molecular complexity index is 746. The minimum absolute atomic E-state index is 0.111. The van der Waals surface area contributed by atoms with Crippen molar-refractivity contribution >= 4 is 29.1 Å². The van der Waals surface area contributed by atoms with Crippen molar-refractivity contribution in [2.45, 2.75) is 26.7 Å². The quantitative estimate of drug-likeness (QED) is 0.780. The van der Waals surface area contributed by atoms with Gasteiger partial charge >= 0.3 is 0 Å². The zero-order valence-corrected chi connectivity index (χ0v) is 17.2. The van der Waals surface area contributed by atoms with Gasteiger partial charge in [0.15, 0.2) is 0 Å². The van der Waals surface area contributed by atoms with E-state index in [4.69, 9.17) is 4.74 Å². The largest absolute Gasteiger partial charge is 0.378 e. The van der Waals surface area contributed by atoms with Crippen LogP contribution in [0.1, 0.15) is 26.7 Å². The Morgan fingerprint density at radius 1 is 1.03 bits per heavy atom. The molecule has 1 atom stereocenters. The van der Waals surface area contributed by atoms with Crippen molar-refractivity contribution in [3.8, 4) is 0 Å². The van der Waals surface area contributed by atoms with Crippen LogP contribution >= 0.6 is 0 Å². The molecule has 0 saturated carbocycles. The average molecular weight is 402 g/mol. The van der Waals surface area contributed by atoms with Crippen LogP contribution in [0.3, 0.4) is 0 Å². The number of anilines is 2. The molecule has 2 fully saturated rings. The van der Waals surface area contributed by atoms with E-state index in [0.717, 1.165) is 19.4 Å². The number of carbonyl (C=O) groups is 3. The molecule has 2 N–H and O–H groups in total. The highest BCUT2D eigenvalue weighted by atomic mass is 16.5. The fraction of sp³-hybridized carbons (Fsp3) is 0.571. The number of nitrogens with one attached hydrogen (secondary N) is 2. The summed E-state index contributed by atoms with van der Waals surface area (Å²) in [4.78, 5) is 40.5. The molecule has 3 rings (SSSR count). The standard InChI is InChI=1S/C21H30N4O4/c1-16(26)22-17-4-6-18(7-5-17)23-19(27)14-24-9-3-8-21(2,15-24)20(28)25-10-12-29-13-11-25/h4-7H,3,8-15H2,1-2H3,(H,22,26)(H,23,27)/t21-/m1/s1. The molecule has 0 radical (unpaired) electrons. The zero-order chi connectivity index (χ0) is 20.9. The van der Waals surface area contributed by atoms with Gasteiger partial charge in [-0.05, 0) is 50.6 Å². The lowest BCUT2D eigenvalue weighted by Crippen LogP contribution is -2.54. The zero-order valence-electron chi connectivity index (χ0n) is 17.2. The molecule has 29 heavy (non-hydrogen) atoms. The smallest absolute Gasteiger partial charge is 0.238 e.